The minimum absolute atomic E-state index is 0.0499. The van der Waals surface area contributed by atoms with Gasteiger partial charge in [-0.25, -0.2) is 0 Å². The van der Waals surface area contributed by atoms with Gasteiger partial charge in [0, 0.05) is 16.9 Å². The Balaban J connectivity index is 2.41. The second-order valence-corrected chi connectivity index (χ2v) is 5.47. The molecule has 1 aromatic carbocycles. The van der Waals surface area contributed by atoms with E-state index in [0.717, 1.165) is 12.8 Å². The van der Waals surface area contributed by atoms with Crippen molar-refractivity contribution >= 4 is 21.8 Å². The van der Waals surface area contributed by atoms with E-state index in [-0.39, 0.29) is 5.91 Å². The molecule has 0 radical (unpaired) electrons. The number of hydrogen-bond acceptors (Lipinski definition) is 2. The van der Waals surface area contributed by atoms with Crippen molar-refractivity contribution in [1.29, 1.82) is 0 Å². The summed E-state index contributed by atoms with van der Waals surface area (Å²) in [5.74, 6) is 0.651. The van der Waals surface area contributed by atoms with Crippen molar-refractivity contribution in [1.82, 2.24) is 5.32 Å². The van der Waals surface area contributed by atoms with Gasteiger partial charge in [0.25, 0.3) is 5.91 Å². The van der Waals surface area contributed by atoms with Gasteiger partial charge < -0.3 is 10.1 Å². The Bertz CT molecular complexity index is 366. The predicted molar refractivity (Wildman–Crippen MR) is 73.0 cm³/mol. The molecule has 1 N–H and O–H groups in total. The van der Waals surface area contributed by atoms with Crippen molar-refractivity contribution in [2.45, 2.75) is 24.6 Å². The van der Waals surface area contributed by atoms with E-state index in [0.29, 0.717) is 22.7 Å². The Morgan fingerprint density at radius 1 is 1.53 bits per heavy atom. The van der Waals surface area contributed by atoms with E-state index in [1.54, 1.807) is 19.2 Å². The lowest BCUT2D eigenvalue weighted by molar-refractivity contribution is 0.0952. The topological polar surface area (TPSA) is 38.3 Å². The van der Waals surface area contributed by atoms with Gasteiger partial charge in [-0.3, -0.25) is 4.79 Å². The first kappa shape index (κ1) is 14.0. The van der Waals surface area contributed by atoms with E-state index in [1.807, 2.05) is 12.1 Å². The zero-order chi connectivity index (χ0) is 12.7. The summed E-state index contributed by atoms with van der Waals surface area (Å²) >= 11 is 3.48. The fraction of sp³-hybridized carbons (Fsp3) is 0.462. The van der Waals surface area contributed by atoms with Gasteiger partial charge in [-0.2, -0.15) is 0 Å². The predicted octanol–water partition coefficient (Wildman–Crippen LogP) is 2.99. The molecule has 94 valence electrons. The fourth-order valence-corrected chi connectivity index (χ4v) is 1.78. The van der Waals surface area contributed by atoms with Crippen LogP contribution >= 0.6 is 15.9 Å². The van der Waals surface area contributed by atoms with Gasteiger partial charge in [-0.1, -0.05) is 28.9 Å². The van der Waals surface area contributed by atoms with Gasteiger partial charge in [-0.15, -0.1) is 0 Å². The maximum Gasteiger partial charge on any atom is 0.251 e. The van der Waals surface area contributed by atoms with Crippen molar-refractivity contribution in [3.8, 4) is 5.75 Å². The highest BCUT2D eigenvalue weighted by atomic mass is 79.9. The van der Waals surface area contributed by atoms with Crippen molar-refractivity contribution < 1.29 is 9.53 Å². The third-order valence-electron chi connectivity index (χ3n) is 2.40. The Morgan fingerprint density at radius 2 is 2.29 bits per heavy atom. The van der Waals surface area contributed by atoms with Crippen LogP contribution in [0.2, 0.25) is 0 Å². The van der Waals surface area contributed by atoms with Crippen molar-refractivity contribution in [3.05, 3.63) is 29.8 Å². The first-order valence-electron chi connectivity index (χ1n) is 5.70. The molecule has 1 amide bonds. The Labute approximate surface area is 111 Å². The summed E-state index contributed by atoms with van der Waals surface area (Å²) in [6.07, 6.45) is 2.03. The van der Waals surface area contributed by atoms with Crippen LogP contribution in [0, 0.1) is 0 Å². The second-order valence-electron chi connectivity index (χ2n) is 3.91. The fourth-order valence-electron chi connectivity index (χ4n) is 1.45. The number of amides is 1. The van der Waals surface area contributed by atoms with Crippen molar-refractivity contribution in [2.75, 3.05) is 13.7 Å². The Hall–Kier alpha value is -1.03. The Morgan fingerprint density at radius 3 is 2.94 bits per heavy atom. The number of benzene rings is 1. The molecule has 17 heavy (non-hydrogen) atoms. The van der Waals surface area contributed by atoms with Crippen molar-refractivity contribution in [2.24, 2.45) is 0 Å². The lowest BCUT2D eigenvalue weighted by Crippen LogP contribution is -2.24. The highest BCUT2D eigenvalue weighted by Gasteiger charge is 2.05. The first-order chi connectivity index (χ1) is 8.13. The number of halogens is 1. The second kappa shape index (κ2) is 7.33. The zero-order valence-electron chi connectivity index (χ0n) is 10.2. The molecule has 0 aliphatic heterocycles. The molecule has 0 heterocycles. The summed E-state index contributed by atoms with van der Waals surface area (Å²) in [5, 5.41) is 2.89. The average molecular weight is 300 g/mol. The Kier molecular flexibility index (Phi) is 6.05. The van der Waals surface area contributed by atoms with E-state index in [9.17, 15) is 4.79 Å². The van der Waals surface area contributed by atoms with Gasteiger partial charge in [0.1, 0.15) is 5.75 Å². The maximum atomic E-state index is 11.8. The zero-order valence-corrected chi connectivity index (χ0v) is 11.8. The molecule has 0 bridgehead atoms. The first-order valence-corrected chi connectivity index (χ1v) is 6.61. The minimum Gasteiger partial charge on any atom is -0.497 e. The van der Waals surface area contributed by atoms with Gasteiger partial charge in [0.2, 0.25) is 0 Å². The van der Waals surface area contributed by atoms with Crippen LogP contribution in [0.4, 0.5) is 0 Å². The van der Waals surface area contributed by atoms with E-state index < -0.39 is 0 Å². The number of hydrogen-bond donors (Lipinski definition) is 1. The number of nitrogens with one attached hydrogen (secondary N) is 1. The molecule has 0 spiro atoms. The number of carbonyl (C=O) groups is 1. The smallest absolute Gasteiger partial charge is 0.251 e. The van der Waals surface area contributed by atoms with Gasteiger partial charge in [0.15, 0.2) is 0 Å². The molecule has 3 nitrogen and oxygen atoms in total. The summed E-state index contributed by atoms with van der Waals surface area (Å²) < 4.78 is 5.08. The monoisotopic (exact) mass is 299 g/mol. The normalized spacial score (nSPS) is 11.9. The number of rotatable bonds is 6. The van der Waals surface area contributed by atoms with Crippen LogP contribution in [-0.2, 0) is 0 Å². The van der Waals surface area contributed by atoms with Crippen LogP contribution in [0.1, 0.15) is 30.1 Å². The molecule has 4 heteroatoms. The van der Waals surface area contributed by atoms with Gasteiger partial charge >= 0.3 is 0 Å². The molecule has 0 aromatic heterocycles. The molecule has 0 saturated heterocycles. The van der Waals surface area contributed by atoms with Crippen LogP contribution < -0.4 is 10.1 Å². The standard InChI is InChI=1S/C13H18BrNO2/c1-10(14)5-4-8-15-13(16)11-6-3-7-12(9-11)17-2/h3,6-7,9-10H,4-5,8H2,1-2H3,(H,15,16). The summed E-state index contributed by atoms with van der Waals surface area (Å²) in [5.41, 5.74) is 0.635. The molecule has 1 unspecified atom stereocenters. The van der Waals surface area contributed by atoms with Crippen LogP contribution in [0.15, 0.2) is 24.3 Å². The molecule has 1 rings (SSSR count). The molecule has 0 aliphatic rings. The summed E-state index contributed by atoms with van der Waals surface area (Å²) in [6, 6.07) is 7.16. The molecule has 1 aromatic rings. The van der Waals surface area contributed by atoms with Crippen molar-refractivity contribution in [3.63, 3.8) is 0 Å². The average Bonchev–Trinajstić information content (AvgIpc) is 2.34. The lowest BCUT2D eigenvalue weighted by Gasteiger charge is -2.07. The van der Waals surface area contributed by atoms with Crippen LogP contribution in [-0.4, -0.2) is 24.4 Å². The van der Waals surface area contributed by atoms with E-state index in [1.165, 1.54) is 0 Å². The molecule has 0 fully saturated rings. The quantitative estimate of drug-likeness (QED) is 0.648. The molecule has 0 saturated carbocycles. The van der Waals surface area contributed by atoms with E-state index in [4.69, 9.17) is 4.74 Å². The number of alkyl halides is 1. The third kappa shape index (κ3) is 5.22. The van der Waals surface area contributed by atoms with Gasteiger partial charge in [0.05, 0.1) is 7.11 Å². The lowest BCUT2D eigenvalue weighted by atomic mass is 10.2. The number of carbonyl (C=O) groups excluding carboxylic acids is 1. The third-order valence-corrected chi connectivity index (χ3v) is 2.85. The van der Waals surface area contributed by atoms with Gasteiger partial charge in [-0.05, 0) is 31.0 Å². The SMILES string of the molecule is COc1cccc(C(=O)NCCCC(C)Br)c1. The van der Waals surface area contributed by atoms with Crippen LogP contribution in [0.5, 0.6) is 5.75 Å². The van der Waals surface area contributed by atoms with Crippen LogP contribution in [0.25, 0.3) is 0 Å². The summed E-state index contributed by atoms with van der Waals surface area (Å²) in [6.45, 7) is 2.80. The largest absolute Gasteiger partial charge is 0.497 e. The van der Waals surface area contributed by atoms with E-state index in [2.05, 4.69) is 28.2 Å². The highest BCUT2D eigenvalue weighted by molar-refractivity contribution is 9.09. The molecular formula is C13H18BrNO2. The summed E-state index contributed by atoms with van der Waals surface area (Å²) in [4.78, 5) is 12.3. The molecule has 0 aliphatic carbocycles. The maximum absolute atomic E-state index is 11.8. The molecular weight excluding hydrogens is 282 g/mol. The van der Waals surface area contributed by atoms with E-state index >= 15 is 0 Å². The van der Waals surface area contributed by atoms with Crippen LogP contribution in [0.3, 0.4) is 0 Å². The number of ether oxygens (including phenoxy) is 1. The minimum atomic E-state index is -0.0499. The highest BCUT2D eigenvalue weighted by Crippen LogP contribution is 2.12. The number of methoxy groups -OCH3 is 1. The molecule has 1 atom stereocenters. The summed E-state index contributed by atoms with van der Waals surface area (Å²) in [7, 11) is 1.59.